The van der Waals surface area contributed by atoms with Gasteiger partial charge in [-0.2, -0.15) is 0 Å². The lowest BCUT2D eigenvalue weighted by atomic mass is 10.1. The van der Waals surface area contributed by atoms with E-state index in [1.807, 2.05) is 13.8 Å². The standard InChI is InChI=1S/C15H21Cl2N3O2/c1-9(2)14(18)15(22)20-8-13(21)19-4-3-10-5-11(16)7-12(17)6-10/h5-7,9,14H,3-4,8,18H2,1-2H3,(H,19,21)(H,20,22)/t14-/m0/s1. The van der Waals surface area contributed by atoms with Crippen molar-refractivity contribution < 1.29 is 9.59 Å². The van der Waals surface area contributed by atoms with E-state index in [1.165, 1.54) is 0 Å². The zero-order valence-corrected chi connectivity index (χ0v) is 14.2. The largest absolute Gasteiger partial charge is 0.354 e. The Hall–Kier alpha value is -1.30. The van der Waals surface area contributed by atoms with Crippen LogP contribution in [0.25, 0.3) is 0 Å². The first-order valence-electron chi connectivity index (χ1n) is 7.04. The summed E-state index contributed by atoms with van der Waals surface area (Å²) in [6.45, 7) is 4.04. The predicted molar refractivity (Wildman–Crippen MR) is 89.0 cm³/mol. The van der Waals surface area contributed by atoms with Crippen molar-refractivity contribution in [1.29, 1.82) is 0 Å². The quantitative estimate of drug-likeness (QED) is 0.703. The van der Waals surface area contributed by atoms with Crippen LogP contribution in [0.3, 0.4) is 0 Å². The predicted octanol–water partition coefficient (Wildman–Crippen LogP) is 1.75. The Labute approximate surface area is 140 Å². The van der Waals surface area contributed by atoms with E-state index in [2.05, 4.69) is 10.6 Å². The maximum absolute atomic E-state index is 11.6. The SMILES string of the molecule is CC(C)[C@H](N)C(=O)NCC(=O)NCCc1cc(Cl)cc(Cl)c1. The fraction of sp³-hybridized carbons (Fsp3) is 0.467. The fourth-order valence-electron chi connectivity index (χ4n) is 1.75. The highest BCUT2D eigenvalue weighted by molar-refractivity contribution is 6.34. The van der Waals surface area contributed by atoms with Crippen molar-refractivity contribution in [3.63, 3.8) is 0 Å². The van der Waals surface area contributed by atoms with E-state index in [1.54, 1.807) is 18.2 Å². The van der Waals surface area contributed by atoms with Crippen molar-refractivity contribution in [2.45, 2.75) is 26.3 Å². The summed E-state index contributed by atoms with van der Waals surface area (Å²) in [5.41, 5.74) is 6.62. The van der Waals surface area contributed by atoms with Gasteiger partial charge in [0, 0.05) is 16.6 Å². The summed E-state index contributed by atoms with van der Waals surface area (Å²) in [7, 11) is 0. The number of carbonyl (C=O) groups excluding carboxylic acids is 2. The van der Waals surface area contributed by atoms with Crippen molar-refractivity contribution in [3.05, 3.63) is 33.8 Å². The molecule has 1 rings (SSSR count). The second-order valence-electron chi connectivity index (χ2n) is 5.37. The van der Waals surface area contributed by atoms with Crippen LogP contribution in [0.4, 0.5) is 0 Å². The summed E-state index contributed by atoms with van der Waals surface area (Å²) in [4.78, 5) is 23.3. The molecule has 0 heterocycles. The Balaban J connectivity index is 2.30. The highest BCUT2D eigenvalue weighted by atomic mass is 35.5. The van der Waals surface area contributed by atoms with E-state index in [0.717, 1.165) is 5.56 Å². The van der Waals surface area contributed by atoms with Crippen molar-refractivity contribution in [2.75, 3.05) is 13.1 Å². The van der Waals surface area contributed by atoms with Crippen LogP contribution in [0.5, 0.6) is 0 Å². The van der Waals surface area contributed by atoms with Gasteiger partial charge in [0.15, 0.2) is 0 Å². The van der Waals surface area contributed by atoms with Crippen LogP contribution in [0.2, 0.25) is 10.0 Å². The summed E-state index contributed by atoms with van der Waals surface area (Å²) in [5, 5.41) is 6.34. The molecule has 7 heteroatoms. The van der Waals surface area contributed by atoms with E-state index < -0.39 is 6.04 Å². The van der Waals surface area contributed by atoms with Crippen LogP contribution in [-0.4, -0.2) is 30.9 Å². The zero-order chi connectivity index (χ0) is 16.7. The molecule has 0 saturated carbocycles. The van der Waals surface area contributed by atoms with Gasteiger partial charge in [-0.15, -0.1) is 0 Å². The number of benzene rings is 1. The molecule has 1 aromatic carbocycles. The molecule has 5 nitrogen and oxygen atoms in total. The van der Waals surface area contributed by atoms with E-state index in [9.17, 15) is 9.59 Å². The molecular weight excluding hydrogens is 325 g/mol. The third kappa shape index (κ3) is 6.64. The molecule has 0 bridgehead atoms. The first-order valence-corrected chi connectivity index (χ1v) is 7.80. The first-order chi connectivity index (χ1) is 10.3. The van der Waals surface area contributed by atoms with Crippen molar-refractivity contribution in [3.8, 4) is 0 Å². The third-order valence-corrected chi connectivity index (χ3v) is 3.54. The monoisotopic (exact) mass is 345 g/mol. The average Bonchev–Trinajstić information content (AvgIpc) is 2.42. The van der Waals surface area contributed by atoms with Crippen LogP contribution in [0.15, 0.2) is 18.2 Å². The Bertz CT molecular complexity index is 515. The van der Waals surface area contributed by atoms with Crippen LogP contribution in [-0.2, 0) is 16.0 Å². The molecule has 0 unspecified atom stereocenters. The molecule has 0 saturated heterocycles. The molecule has 0 aromatic heterocycles. The van der Waals surface area contributed by atoms with E-state index in [-0.39, 0.29) is 24.3 Å². The molecule has 4 N–H and O–H groups in total. The van der Waals surface area contributed by atoms with Crippen LogP contribution < -0.4 is 16.4 Å². The van der Waals surface area contributed by atoms with E-state index >= 15 is 0 Å². The number of nitrogens with one attached hydrogen (secondary N) is 2. The molecule has 0 aliphatic carbocycles. The maximum atomic E-state index is 11.6. The molecule has 0 aliphatic heterocycles. The van der Waals surface area contributed by atoms with E-state index in [0.29, 0.717) is 23.0 Å². The van der Waals surface area contributed by atoms with Crippen LogP contribution >= 0.6 is 23.2 Å². The second kappa shape index (κ2) is 8.98. The molecule has 0 spiro atoms. The highest BCUT2D eigenvalue weighted by Gasteiger charge is 2.17. The summed E-state index contributed by atoms with van der Waals surface area (Å²) in [5.74, 6) is -0.570. The topological polar surface area (TPSA) is 84.2 Å². The number of amides is 2. The first kappa shape index (κ1) is 18.7. The van der Waals surface area contributed by atoms with Crippen molar-refractivity contribution in [1.82, 2.24) is 10.6 Å². The van der Waals surface area contributed by atoms with Crippen molar-refractivity contribution in [2.24, 2.45) is 11.7 Å². The normalized spacial score (nSPS) is 12.1. The molecule has 1 aromatic rings. The number of halogens is 2. The lowest BCUT2D eigenvalue weighted by molar-refractivity contribution is -0.127. The summed E-state index contributed by atoms with van der Waals surface area (Å²) in [6, 6.07) is 4.63. The third-order valence-electron chi connectivity index (χ3n) is 3.10. The molecule has 0 radical (unpaired) electrons. The van der Waals surface area contributed by atoms with Crippen LogP contribution in [0.1, 0.15) is 19.4 Å². The smallest absolute Gasteiger partial charge is 0.239 e. The highest BCUT2D eigenvalue weighted by Crippen LogP contribution is 2.19. The van der Waals surface area contributed by atoms with Gasteiger partial charge < -0.3 is 16.4 Å². The Morgan fingerprint density at radius 2 is 1.73 bits per heavy atom. The minimum absolute atomic E-state index is 0.0237. The zero-order valence-electron chi connectivity index (χ0n) is 12.7. The molecular formula is C15H21Cl2N3O2. The maximum Gasteiger partial charge on any atom is 0.239 e. The lowest BCUT2D eigenvalue weighted by Crippen LogP contribution is -2.47. The van der Waals surface area contributed by atoms with Crippen LogP contribution in [0, 0.1) is 5.92 Å². The fourth-order valence-corrected chi connectivity index (χ4v) is 2.32. The summed E-state index contributed by atoms with van der Waals surface area (Å²) < 4.78 is 0. The van der Waals surface area contributed by atoms with Gasteiger partial charge in [0.25, 0.3) is 0 Å². The van der Waals surface area contributed by atoms with Gasteiger partial charge in [0.05, 0.1) is 12.6 Å². The number of nitrogens with two attached hydrogens (primary N) is 1. The summed E-state index contributed by atoms with van der Waals surface area (Å²) in [6.07, 6.45) is 0.603. The lowest BCUT2D eigenvalue weighted by Gasteiger charge is -2.15. The number of hydrogen-bond acceptors (Lipinski definition) is 3. The second-order valence-corrected chi connectivity index (χ2v) is 6.24. The molecule has 2 amide bonds. The van der Waals surface area contributed by atoms with Gasteiger partial charge in [0.2, 0.25) is 11.8 Å². The van der Waals surface area contributed by atoms with Gasteiger partial charge in [0.1, 0.15) is 0 Å². The Kier molecular flexibility index (Phi) is 7.65. The molecule has 22 heavy (non-hydrogen) atoms. The Morgan fingerprint density at radius 1 is 1.14 bits per heavy atom. The number of hydrogen-bond donors (Lipinski definition) is 3. The summed E-state index contributed by atoms with van der Waals surface area (Å²) >= 11 is 11.8. The van der Waals surface area contributed by atoms with Gasteiger partial charge in [-0.1, -0.05) is 37.0 Å². The molecule has 1 atom stereocenters. The Morgan fingerprint density at radius 3 is 2.27 bits per heavy atom. The minimum atomic E-state index is -0.610. The van der Waals surface area contributed by atoms with Crippen molar-refractivity contribution >= 4 is 35.0 Å². The minimum Gasteiger partial charge on any atom is -0.354 e. The van der Waals surface area contributed by atoms with Gasteiger partial charge in [-0.3, -0.25) is 9.59 Å². The molecule has 0 fully saturated rings. The molecule has 122 valence electrons. The van der Waals surface area contributed by atoms with Gasteiger partial charge >= 0.3 is 0 Å². The molecule has 0 aliphatic rings. The van der Waals surface area contributed by atoms with E-state index in [4.69, 9.17) is 28.9 Å². The number of carbonyl (C=O) groups is 2. The average molecular weight is 346 g/mol. The van der Waals surface area contributed by atoms with Gasteiger partial charge in [-0.05, 0) is 36.1 Å². The van der Waals surface area contributed by atoms with Gasteiger partial charge in [-0.25, -0.2) is 0 Å². The number of rotatable bonds is 7.